The first-order valence-electron chi connectivity index (χ1n) is 12.0. The average Bonchev–Trinajstić information content (AvgIpc) is 2.81. The van der Waals surface area contributed by atoms with Crippen LogP contribution in [-0.4, -0.2) is 62.1 Å². The van der Waals surface area contributed by atoms with Gasteiger partial charge in [0.1, 0.15) is 5.82 Å². The van der Waals surface area contributed by atoms with Gasteiger partial charge >= 0.3 is 0 Å². The van der Waals surface area contributed by atoms with Crippen molar-refractivity contribution in [3.05, 3.63) is 60.3 Å². The Morgan fingerprint density at radius 2 is 1.44 bits per heavy atom. The van der Waals surface area contributed by atoms with Gasteiger partial charge in [-0.25, -0.2) is 18.1 Å². The van der Waals surface area contributed by atoms with Crippen LogP contribution in [0.4, 0.5) is 28.8 Å². The fourth-order valence-corrected chi connectivity index (χ4v) is 5.31. The number of rotatable bonds is 7. The molecule has 1 aromatic heterocycles. The summed E-state index contributed by atoms with van der Waals surface area (Å²) in [5.74, 6) is 1.12. The molecule has 0 amide bonds. The van der Waals surface area contributed by atoms with Crippen LogP contribution in [0.25, 0.3) is 0 Å². The molecule has 1 saturated heterocycles. The second-order valence-corrected chi connectivity index (χ2v) is 11.9. The molecule has 4 rings (SSSR count). The number of likely N-dealkylation sites (N-methyl/N-ethyl adjacent to an activating group) is 1. The second kappa shape index (κ2) is 10.4. The van der Waals surface area contributed by atoms with Crippen LogP contribution in [-0.2, 0) is 10.0 Å². The smallest absolute Gasteiger partial charge is 0.241 e. The SMILES string of the molecule is Cc1cnc(Nc2ccc(N3CCN(C)CC3)cc2)nc1Nc1ccc(S(=O)(=O)NC(C)(C)C)cc1. The van der Waals surface area contributed by atoms with E-state index in [1.165, 1.54) is 5.69 Å². The number of nitrogens with zero attached hydrogens (tertiary/aromatic N) is 4. The van der Waals surface area contributed by atoms with Crippen molar-refractivity contribution < 1.29 is 8.42 Å². The first kappa shape index (κ1) is 25.9. The van der Waals surface area contributed by atoms with E-state index in [4.69, 9.17) is 0 Å². The molecule has 1 aliphatic heterocycles. The normalized spacial score (nSPS) is 15.1. The zero-order chi connectivity index (χ0) is 25.9. The largest absolute Gasteiger partial charge is 0.369 e. The Hall–Kier alpha value is -3.21. The molecule has 9 nitrogen and oxygen atoms in total. The van der Waals surface area contributed by atoms with Gasteiger partial charge < -0.3 is 20.4 Å². The maximum Gasteiger partial charge on any atom is 0.241 e. The fraction of sp³-hybridized carbons (Fsp3) is 0.385. The van der Waals surface area contributed by atoms with Gasteiger partial charge in [0.2, 0.25) is 16.0 Å². The van der Waals surface area contributed by atoms with Crippen molar-refractivity contribution in [2.24, 2.45) is 0 Å². The number of benzene rings is 2. The molecule has 10 heteroatoms. The van der Waals surface area contributed by atoms with Gasteiger partial charge in [-0.3, -0.25) is 0 Å². The van der Waals surface area contributed by atoms with Crippen molar-refractivity contribution >= 4 is 38.9 Å². The van der Waals surface area contributed by atoms with Gasteiger partial charge in [0.25, 0.3) is 0 Å². The molecule has 0 aliphatic carbocycles. The highest BCUT2D eigenvalue weighted by Gasteiger charge is 2.22. The summed E-state index contributed by atoms with van der Waals surface area (Å²) in [4.78, 5) is 14.0. The summed E-state index contributed by atoms with van der Waals surface area (Å²) in [6, 6.07) is 14.9. The van der Waals surface area contributed by atoms with Crippen molar-refractivity contribution in [3.63, 3.8) is 0 Å². The van der Waals surface area contributed by atoms with Crippen molar-refractivity contribution in [1.82, 2.24) is 19.6 Å². The van der Waals surface area contributed by atoms with Crippen LogP contribution in [0, 0.1) is 6.92 Å². The fourth-order valence-electron chi connectivity index (χ4n) is 3.89. The molecule has 0 atom stereocenters. The van der Waals surface area contributed by atoms with E-state index in [2.05, 4.69) is 54.3 Å². The Morgan fingerprint density at radius 1 is 0.861 bits per heavy atom. The minimum atomic E-state index is -3.59. The van der Waals surface area contributed by atoms with E-state index < -0.39 is 15.6 Å². The van der Waals surface area contributed by atoms with Crippen LogP contribution in [0.15, 0.2) is 59.6 Å². The number of sulfonamides is 1. The molecule has 0 unspecified atom stereocenters. The summed E-state index contributed by atoms with van der Waals surface area (Å²) in [6.07, 6.45) is 1.75. The number of anilines is 5. The third-order valence-electron chi connectivity index (χ3n) is 5.83. The van der Waals surface area contributed by atoms with Gasteiger partial charge in [0.15, 0.2) is 0 Å². The summed E-state index contributed by atoms with van der Waals surface area (Å²) in [7, 11) is -1.44. The molecule has 3 N–H and O–H groups in total. The average molecular weight is 510 g/mol. The molecule has 36 heavy (non-hydrogen) atoms. The van der Waals surface area contributed by atoms with Crippen molar-refractivity contribution in [2.75, 3.05) is 48.8 Å². The lowest BCUT2D eigenvalue weighted by Crippen LogP contribution is -2.44. The molecule has 0 radical (unpaired) electrons. The summed E-state index contributed by atoms with van der Waals surface area (Å²) in [5.41, 5.74) is 3.17. The predicted octanol–water partition coefficient (Wildman–Crippen LogP) is 4.10. The maximum atomic E-state index is 12.5. The van der Waals surface area contributed by atoms with Gasteiger partial charge in [-0.2, -0.15) is 4.98 Å². The van der Waals surface area contributed by atoms with Gasteiger partial charge in [-0.15, -0.1) is 0 Å². The van der Waals surface area contributed by atoms with E-state index in [0.717, 1.165) is 43.1 Å². The van der Waals surface area contributed by atoms with Crippen LogP contribution in [0.5, 0.6) is 0 Å². The number of aryl methyl sites for hydroxylation is 1. The monoisotopic (exact) mass is 509 g/mol. The number of nitrogens with one attached hydrogen (secondary N) is 3. The minimum Gasteiger partial charge on any atom is -0.369 e. The van der Waals surface area contributed by atoms with Crippen molar-refractivity contribution in [3.8, 4) is 0 Å². The Morgan fingerprint density at radius 3 is 2.06 bits per heavy atom. The highest BCUT2D eigenvalue weighted by atomic mass is 32.2. The summed E-state index contributed by atoms with van der Waals surface area (Å²) in [6.45, 7) is 11.5. The molecule has 192 valence electrons. The van der Waals surface area contributed by atoms with E-state index in [-0.39, 0.29) is 4.90 Å². The molecule has 2 aromatic carbocycles. The molecule has 0 saturated carbocycles. The molecular weight excluding hydrogens is 474 g/mol. The Labute approximate surface area is 214 Å². The third kappa shape index (κ3) is 6.71. The van der Waals surface area contributed by atoms with Crippen LogP contribution in [0.3, 0.4) is 0 Å². The Bertz CT molecular complexity index is 1280. The lowest BCUT2D eigenvalue weighted by atomic mass is 10.1. The lowest BCUT2D eigenvalue weighted by Gasteiger charge is -2.34. The molecule has 1 fully saturated rings. The first-order valence-corrected chi connectivity index (χ1v) is 13.5. The number of aromatic nitrogens is 2. The second-order valence-electron chi connectivity index (χ2n) is 10.2. The van der Waals surface area contributed by atoms with Crippen molar-refractivity contribution in [2.45, 2.75) is 38.1 Å². The highest BCUT2D eigenvalue weighted by molar-refractivity contribution is 7.89. The van der Waals surface area contributed by atoms with Crippen LogP contribution in [0.2, 0.25) is 0 Å². The lowest BCUT2D eigenvalue weighted by molar-refractivity contribution is 0.313. The summed E-state index contributed by atoms with van der Waals surface area (Å²) < 4.78 is 27.8. The maximum absolute atomic E-state index is 12.5. The van der Waals surface area contributed by atoms with Crippen LogP contribution < -0.4 is 20.3 Å². The van der Waals surface area contributed by atoms with Gasteiger partial charge in [0, 0.05) is 60.5 Å². The van der Waals surface area contributed by atoms with Crippen molar-refractivity contribution in [1.29, 1.82) is 0 Å². The molecule has 2 heterocycles. The quantitative estimate of drug-likeness (QED) is 0.438. The number of piperazine rings is 1. The summed E-state index contributed by atoms with van der Waals surface area (Å²) >= 11 is 0. The van der Waals surface area contributed by atoms with E-state index in [0.29, 0.717) is 11.8 Å². The zero-order valence-electron chi connectivity index (χ0n) is 21.5. The molecular formula is C26H35N7O2S. The van der Waals surface area contributed by atoms with E-state index >= 15 is 0 Å². The minimum absolute atomic E-state index is 0.213. The molecule has 0 bridgehead atoms. The number of hydrogen-bond donors (Lipinski definition) is 3. The van der Waals surface area contributed by atoms with Gasteiger partial charge in [-0.05, 0) is 83.3 Å². The van der Waals surface area contributed by atoms with Gasteiger partial charge in [0.05, 0.1) is 4.90 Å². The highest BCUT2D eigenvalue weighted by Crippen LogP contribution is 2.24. The van der Waals surface area contributed by atoms with E-state index in [9.17, 15) is 8.42 Å². The van der Waals surface area contributed by atoms with Gasteiger partial charge in [-0.1, -0.05) is 0 Å². The van der Waals surface area contributed by atoms with Crippen LogP contribution in [0.1, 0.15) is 26.3 Å². The standard InChI is InChI=1S/C26H35N7O2S/c1-19-18-27-25(29-21-6-10-22(11-7-21)33-16-14-32(5)15-17-33)30-24(19)28-20-8-12-23(13-9-20)36(34,35)31-26(2,3)4/h6-13,18,31H,14-17H2,1-5H3,(H2,27,28,29,30). The van der Waals surface area contributed by atoms with Crippen LogP contribution >= 0.6 is 0 Å². The summed E-state index contributed by atoms with van der Waals surface area (Å²) in [5, 5.41) is 6.53. The van der Waals surface area contributed by atoms with E-state index in [1.54, 1.807) is 30.5 Å². The molecule has 3 aromatic rings. The Balaban J connectivity index is 1.43. The van der Waals surface area contributed by atoms with E-state index in [1.807, 2.05) is 39.8 Å². The topological polar surface area (TPSA) is 102 Å². The number of hydrogen-bond acceptors (Lipinski definition) is 8. The first-order chi connectivity index (χ1) is 17.0. The predicted molar refractivity (Wildman–Crippen MR) is 146 cm³/mol. The zero-order valence-corrected chi connectivity index (χ0v) is 22.4. The molecule has 1 aliphatic rings. The third-order valence-corrected chi connectivity index (χ3v) is 7.61. The Kier molecular flexibility index (Phi) is 7.49. The molecule has 0 spiro atoms.